The highest BCUT2D eigenvalue weighted by atomic mass is 16.6. The van der Waals surface area contributed by atoms with Gasteiger partial charge in [0, 0.05) is 26.2 Å². The molecule has 1 N–H and O–H groups in total. The van der Waals surface area contributed by atoms with Crippen molar-refractivity contribution in [1.29, 1.82) is 0 Å². The molecule has 0 aromatic heterocycles. The lowest BCUT2D eigenvalue weighted by atomic mass is 10.1. The molecule has 7 heteroatoms. The van der Waals surface area contributed by atoms with E-state index in [0.29, 0.717) is 45.9 Å². The third-order valence-electron chi connectivity index (χ3n) is 4.06. The summed E-state index contributed by atoms with van der Waals surface area (Å²) in [5.74, 6) is 0.836. The molecule has 0 spiro atoms. The molecule has 0 atom stereocenters. The fourth-order valence-electron chi connectivity index (χ4n) is 2.70. The molecule has 0 bridgehead atoms. The molecule has 0 unspecified atom stereocenters. The number of nitrogens with zero attached hydrogens (tertiary/aromatic N) is 2. The van der Waals surface area contributed by atoms with E-state index in [1.54, 1.807) is 16.7 Å². The van der Waals surface area contributed by atoms with E-state index in [1.165, 1.54) is 5.56 Å². The monoisotopic (exact) mass is 349 g/mol. The Morgan fingerprint density at radius 1 is 1.12 bits per heavy atom. The van der Waals surface area contributed by atoms with Crippen LogP contribution in [0.5, 0.6) is 5.75 Å². The van der Waals surface area contributed by atoms with E-state index in [-0.39, 0.29) is 12.1 Å². The van der Waals surface area contributed by atoms with Gasteiger partial charge >= 0.3 is 12.1 Å². The highest BCUT2D eigenvalue weighted by Crippen LogP contribution is 2.18. The fraction of sp³-hybridized carbons (Fsp3) is 0.556. The van der Waals surface area contributed by atoms with Crippen LogP contribution in [0.3, 0.4) is 0 Å². The predicted octanol–water partition coefficient (Wildman–Crippen LogP) is 2.17. The standard InChI is InChI=1S/C18H27N3O4/c1-4-24-18(23)21-10-8-20(9-11-21)17(22)19-7-12-25-16-6-5-14(2)13-15(16)3/h5-6,13H,4,7-12H2,1-3H3,(H,19,22). The van der Waals surface area contributed by atoms with Crippen LogP contribution in [0.2, 0.25) is 0 Å². The van der Waals surface area contributed by atoms with E-state index in [0.717, 1.165) is 11.3 Å². The molecule has 3 amide bonds. The van der Waals surface area contributed by atoms with Gasteiger partial charge in [0.15, 0.2) is 0 Å². The van der Waals surface area contributed by atoms with Crippen molar-refractivity contribution in [2.24, 2.45) is 0 Å². The Morgan fingerprint density at radius 2 is 1.80 bits per heavy atom. The number of piperazine rings is 1. The third-order valence-corrected chi connectivity index (χ3v) is 4.06. The number of aryl methyl sites for hydroxylation is 2. The van der Waals surface area contributed by atoms with Crippen LogP contribution in [0.25, 0.3) is 0 Å². The summed E-state index contributed by atoms with van der Waals surface area (Å²) in [6.45, 7) is 9.02. The first kappa shape index (κ1) is 18.9. The maximum absolute atomic E-state index is 12.1. The van der Waals surface area contributed by atoms with Gasteiger partial charge in [-0.2, -0.15) is 0 Å². The molecule has 7 nitrogen and oxygen atoms in total. The minimum Gasteiger partial charge on any atom is -0.491 e. The molecule has 0 aliphatic carbocycles. The summed E-state index contributed by atoms with van der Waals surface area (Å²) in [6, 6.07) is 5.88. The number of amides is 3. The molecule has 1 aromatic carbocycles. The highest BCUT2D eigenvalue weighted by Gasteiger charge is 2.24. The number of benzene rings is 1. The number of carbonyl (C=O) groups excluding carboxylic acids is 2. The van der Waals surface area contributed by atoms with Gasteiger partial charge in [-0.15, -0.1) is 0 Å². The lowest BCUT2D eigenvalue weighted by molar-refractivity contribution is 0.0851. The van der Waals surface area contributed by atoms with Gasteiger partial charge in [0.25, 0.3) is 0 Å². The SMILES string of the molecule is CCOC(=O)N1CCN(C(=O)NCCOc2ccc(C)cc2C)CC1. The van der Waals surface area contributed by atoms with Crippen molar-refractivity contribution >= 4 is 12.1 Å². The normalized spacial score (nSPS) is 14.2. The number of hydrogen-bond acceptors (Lipinski definition) is 4. The average molecular weight is 349 g/mol. The summed E-state index contributed by atoms with van der Waals surface area (Å²) in [7, 11) is 0. The third kappa shape index (κ3) is 5.55. The summed E-state index contributed by atoms with van der Waals surface area (Å²) in [5, 5.41) is 2.85. The van der Waals surface area contributed by atoms with E-state index in [4.69, 9.17) is 9.47 Å². The van der Waals surface area contributed by atoms with Gasteiger partial charge in [-0.25, -0.2) is 9.59 Å². The van der Waals surface area contributed by atoms with Crippen molar-refractivity contribution < 1.29 is 19.1 Å². The van der Waals surface area contributed by atoms with Gasteiger partial charge in [0.05, 0.1) is 13.2 Å². The Morgan fingerprint density at radius 3 is 2.44 bits per heavy atom. The lowest BCUT2D eigenvalue weighted by Gasteiger charge is -2.34. The van der Waals surface area contributed by atoms with Crippen molar-refractivity contribution in [3.63, 3.8) is 0 Å². The molecule has 138 valence electrons. The maximum Gasteiger partial charge on any atom is 0.409 e. The van der Waals surface area contributed by atoms with E-state index in [1.807, 2.05) is 26.0 Å². The minimum absolute atomic E-state index is 0.132. The summed E-state index contributed by atoms with van der Waals surface area (Å²) < 4.78 is 10.7. The summed E-state index contributed by atoms with van der Waals surface area (Å²) >= 11 is 0. The number of hydrogen-bond donors (Lipinski definition) is 1. The molecule has 1 heterocycles. The van der Waals surface area contributed by atoms with E-state index in [9.17, 15) is 9.59 Å². The molecular weight excluding hydrogens is 322 g/mol. The first-order valence-electron chi connectivity index (χ1n) is 8.65. The minimum atomic E-state index is -0.315. The second-order valence-electron chi connectivity index (χ2n) is 6.02. The van der Waals surface area contributed by atoms with Crippen molar-refractivity contribution in [3.8, 4) is 5.75 Å². The Kier molecular flexibility index (Phi) is 6.91. The first-order valence-corrected chi connectivity index (χ1v) is 8.65. The molecule has 1 aliphatic heterocycles. The fourth-order valence-corrected chi connectivity index (χ4v) is 2.70. The largest absolute Gasteiger partial charge is 0.491 e. The van der Waals surface area contributed by atoms with E-state index >= 15 is 0 Å². The smallest absolute Gasteiger partial charge is 0.409 e. The van der Waals surface area contributed by atoms with Crippen LogP contribution in [0, 0.1) is 13.8 Å². The Balaban J connectivity index is 1.67. The van der Waals surface area contributed by atoms with Gasteiger partial charge in [-0.1, -0.05) is 17.7 Å². The van der Waals surface area contributed by atoms with Gasteiger partial charge in [0.1, 0.15) is 12.4 Å². The molecule has 1 aromatic rings. The summed E-state index contributed by atoms with van der Waals surface area (Å²) in [5.41, 5.74) is 2.28. The van der Waals surface area contributed by atoms with Crippen LogP contribution in [0.4, 0.5) is 9.59 Å². The zero-order chi connectivity index (χ0) is 18.2. The number of urea groups is 1. The van der Waals surface area contributed by atoms with E-state index in [2.05, 4.69) is 11.4 Å². The van der Waals surface area contributed by atoms with Gasteiger partial charge in [0.2, 0.25) is 0 Å². The van der Waals surface area contributed by atoms with Crippen molar-refractivity contribution in [1.82, 2.24) is 15.1 Å². The predicted molar refractivity (Wildman–Crippen MR) is 95.0 cm³/mol. The molecule has 25 heavy (non-hydrogen) atoms. The van der Waals surface area contributed by atoms with Gasteiger partial charge in [-0.05, 0) is 32.4 Å². The average Bonchev–Trinajstić information content (AvgIpc) is 2.60. The lowest BCUT2D eigenvalue weighted by Crippen LogP contribution is -2.53. The van der Waals surface area contributed by atoms with Gasteiger partial charge in [-0.3, -0.25) is 0 Å². The maximum atomic E-state index is 12.1. The molecule has 1 saturated heterocycles. The van der Waals surface area contributed by atoms with Crippen LogP contribution >= 0.6 is 0 Å². The molecular formula is C18H27N3O4. The molecule has 2 rings (SSSR count). The van der Waals surface area contributed by atoms with Crippen LogP contribution in [0.1, 0.15) is 18.1 Å². The number of rotatable bonds is 5. The highest BCUT2D eigenvalue weighted by molar-refractivity contribution is 5.75. The van der Waals surface area contributed by atoms with Crippen molar-refractivity contribution in [3.05, 3.63) is 29.3 Å². The second-order valence-corrected chi connectivity index (χ2v) is 6.02. The van der Waals surface area contributed by atoms with Crippen molar-refractivity contribution in [2.75, 3.05) is 45.9 Å². The second kappa shape index (κ2) is 9.15. The van der Waals surface area contributed by atoms with Gasteiger partial charge < -0.3 is 24.6 Å². The van der Waals surface area contributed by atoms with Crippen LogP contribution < -0.4 is 10.1 Å². The Hall–Kier alpha value is -2.44. The number of carbonyl (C=O) groups is 2. The van der Waals surface area contributed by atoms with Crippen LogP contribution in [-0.2, 0) is 4.74 Å². The number of ether oxygens (including phenoxy) is 2. The Labute approximate surface area is 148 Å². The summed E-state index contributed by atoms with van der Waals surface area (Å²) in [4.78, 5) is 27.1. The molecule has 0 saturated carbocycles. The van der Waals surface area contributed by atoms with Crippen LogP contribution in [-0.4, -0.2) is 67.9 Å². The Bertz CT molecular complexity index is 598. The number of nitrogens with one attached hydrogen (secondary N) is 1. The van der Waals surface area contributed by atoms with Crippen molar-refractivity contribution in [2.45, 2.75) is 20.8 Å². The zero-order valence-electron chi connectivity index (χ0n) is 15.2. The molecule has 0 radical (unpaired) electrons. The zero-order valence-corrected chi connectivity index (χ0v) is 15.2. The quantitative estimate of drug-likeness (QED) is 0.827. The van der Waals surface area contributed by atoms with Crippen LogP contribution in [0.15, 0.2) is 18.2 Å². The molecule has 1 aliphatic rings. The molecule has 1 fully saturated rings. The first-order chi connectivity index (χ1) is 12.0. The summed E-state index contributed by atoms with van der Waals surface area (Å²) in [6.07, 6.45) is -0.315. The van der Waals surface area contributed by atoms with E-state index < -0.39 is 0 Å². The topological polar surface area (TPSA) is 71.1 Å².